The summed E-state index contributed by atoms with van der Waals surface area (Å²) >= 11 is 0. The Labute approximate surface area is 221 Å². The van der Waals surface area contributed by atoms with Gasteiger partial charge in [-0.3, -0.25) is 19.7 Å². The van der Waals surface area contributed by atoms with Crippen molar-refractivity contribution in [2.24, 2.45) is 0 Å². The summed E-state index contributed by atoms with van der Waals surface area (Å²) in [6, 6.07) is 11.1. The van der Waals surface area contributed by atoms with E-state index in [0.29, 0.717) is 17.7 Å². The van der Waals surface area contributed by atoms with Crippen LogP contribution in [-0.2, 0) is 26.2 Å². The second-order valence-electron chi connectivity index (χ2n) is 10.7. The fraction of sp³-hybridized carbons (Fsp3) is 0.400. The predicted molar refractivity (Wildman–Crippen MR) is 150 cm³/mol. The molecular weight excluding hydrogens is 466 g/mol. The number of fused-ring (bicyclic) bond motifs is 1. The summed E-state index contributed by atoms with van der Waals surface area (Å²) in [4.78, 5) is 41.1. The molecule has 3 aliphatic rings. The molecule has 0 aliphatic carbocycles. The summed E-state index contributed by atoms with van der Waals surface area (Å²) in [6.07, 6.45) is 0.567. The highest BCUT2D eigenvalue weighted by Gasteiger charge is 2.40. The number of piperidine rings is 1. The van der Waals surface area contributed by atoms with E-state index in [9.17, 15) is 14.4 Å². The van der Waals surface area contributed by atoms with Crippen LogP contribution in [0.25, 0.3) is 0 Å². The summed E-state index contributed by atoms with van der Waals surface area (Å²) in [5.74, 6) is -0.265. The van der Waals surface area contributed by atoms with Gasteiger partial charge in [-0.05, 0) is 29.5 Å². The molecule has 37 heavy (non-hydrogen) atoms. The Morgan fingerprint density at radius 3 is 2.57 bits per heavy atom. The van der Waals surface area contributed by atoms with Crippen molar-refractivity contribution in [3.63, 3.8) is 0 Å². The average Bonchev–Trinajstić information content (AvgIpc) is 3.21. The number of hydrogen-bond acceptors (Lipinski definition) is 6. The lowest BCUT2D eigenvalue weighted by atomic mass is 9.54. The first-order valence-electron chi connectivity index (χ1n) is 13.0. The number of imide groups is 1. The zero-order chi connectivity index (χ0) is 26.3. The van der Waals surface area contributed by atoms with E-state index < -0.39 is 11.9 Å². The molecule has 0 aromatic heterocycles. The minimum atomic E-state index is -0.645. The van der Waals surface area contributed by atoms with Gasteiger partial charge in [0.05, 0.1) is 25.8 Å². The van der Waals surface area contributed by atoms with Gasteiger partial charge in [-0.25, -0.2) is 0 Å². The van der Waals surface area contributed by atoms with Crippen LogP contribution >= 0.6 is 0 Å². The molecule has 3 heterocycles. The van der Waals surface area contributed by atoms with Crippen LogP contribution in [0.2, 0.25) is 0 Å². The molecule has 1 N–H and O–H groups in total. The molecule has 2 aromatic rings. The maximum absolute atomic E-state index is 13.1. The van der Waals surface area contributed by atoms with Gasteiger partial charge in [0.15, 0.2) is 7.85 Å². The molecule has 2 atom stereocenters. The van der Waals surface area contributed by atoms with Gasteiger partial charge in [-0.15, -0.1) is 0 Å². The van der Waals surface area contributed by atoms with E-state index in [-0.39, 0.29) is 36.1 Å². The Bertz CT molecular complexity index is 1250. The Morgan fingerprint density at radius 1 is 1.11 bits per heavy atom. The molecule has 0 saturated carbocycles. The van der Waals surface area contributed by atoms with Gasteiger partial charge in [0.25, 0.3) is 5.91 Å². The lowest BCUT2D eigenvalue weighted by molar-refractivity contribution is -0.136. The SMILES string of the molecule is Bc1cc(C(B)Oc2cccc3c2CN(C2CCC(=O)NC2=O)C3=O)ccc1C(B)(B)N1CCOCC1. The first kappa shape index (κ1) is 25.7. The van der Waals surface area contributed by atoms with Crippen LogP contribution in [0.15, 0.2) is 36.4 Å². The van der Waals surface area contributed by atoms with Crippen LogP contribution in [0.3, 0.4) is 0 Å². The normalized spacial score (nSPS) is 21.5. The third-order valence-corrected chi connectivity index (χ3v) is 8.02. The van der Waals surface area contributed by atoms with Crippen LogP contribution < -0.4 is 15.5 Å². The van der Waals surface area contributed by atoms with Crippen LogP contribution in [0.5, 0.6) is 5.75 Å². The summed E-state index contributed by atoms with van der Waals surface area (Å²) < 4.78 is 11.9. The second kappa shape index (κ2) is 10.1. The molecule has 0 bridgehead atoms. The number of nitrogens with one attached hydrogen (secondary N) is 1. The number of rotatable bonds is 6. The number of hydrogen-bond donors (Lipinski definition) is 1. The third-order valence-electron chi connectivity index (χ3n) is 8.02. The summed E-state index contributed by atoms with van der Waals surface area (Å²) in [6.45, 7) is 3.64. The highest BCUT2D eigenvalue weighted by atomic mass is 16.5. The Kier molecular flexibility index (Phi) is 6.98. The van der Waals surface area contributed by atoms with Crippen molar-refractivity contribution in [1.29, 1.82) is 0 Å². The minimum absolute atomic E-state index is 0.101. The summed E-state index contributed by atoms with van der Waals surface area (Å²) in [5.41, 5.74) is 4.89. The van der Waals surface area contributed by atoms with Crippen molar-refractivity contribution < 1.29 is 23.9 Å². The molecule has 188 valence electrons. The van der Waals surface area contributed by atoms with Crippen molar-refractivity contribution in [3.05, 3.63) is 58.7 Å². The van der Waals surface area contributed by atoms with Crippen molar-refractivity contribution in [1.82, 2.24) is 15.1 Å². The molecule has 3 aliphatic heterocycles. The Balaban J connectivity index is 1.33. The molecule has 2 fully saturated rings. The lowest BCUT2D eigenvalue weighted by Gasteiger charge is -2.42. The predicted octanol–water partition coefficient (Wildman–Crippen LogP) is -2.87. The molecule has 2 unspecified atom stereocenters. The summed E-state index contributed by atoms with van der Waals surface area (Å²) in [5, 5.41) is 2.25. The first-order valence-corrected chi connectivity index (χ1v) is 13.0. The van der Waals surface area contributed by atoms with Crippen molar-refractivity contribution in [2.75, 3.05) is 26.3 Å². The molecule has 2 saturated heterocycles. The maximum Gasteiger partial charge on any atom is 0.255 e. The molecule has 3 amide bonds. The van der Waals surface area contributed by atoms with E-state index in [2.05, 4.69) is 52.0 Å². The van der Waals surface area contributed by atoms with Crippen molar-refractivity contribution in [2.45, 2.75) is 36.8 Å². The smallest absolute Gasteiger partial charge is 0.255 e. The average molecular weight is 497 g/mol. The number of carbonyl (C=O) groups excluding carboxylic acids is 3. The third kappa shape index (κ3) is 4.84. The van der Waals surface area contributed by atoms with Gasteiger partial charge in [0.1, 0.15) is 35.3 Å². The fourth-order valence-electron chi connectivity index (χ4n) is 5.84. The summed E-state index contributed by atoms with van der Waals surface area (Å²) in [7, 11) is 8.68. The molecule has 8 nitrogen and oxygen atoms in total. The number of benzene rings is 2. The highest BCUT2D eigenvalue weighted by Crippen LogP contribution is 2.35. The quantitative estimate of drug-likeness (QED) is 0.342. The second-order valence-corrected chi connectivity index (χ2v) is 10.7. The molecule has 5 rings (SSSR count). The number of nitrogens with zero attached hydrogens (tertiary/aromatic N) is 2. The van der Waals surface area contributed by atoms with Crippen LogP contribution in [-0.4, -0.2) is 91.3 Å². The van der Waals surface area contributed by atoms with Crippen molar-refractivity contribution in [3.8, 4) is 5.75 Å². The van der Waals surface area contributed by atoms with Gasteiger partial charge in [0, 0.05) is 30.6 Å². The monoisotopic (exact) mass is 497 g/mol. The molecule has 12 heteroatoms. The Hall–Kier alpha value is -2.97. The fourth-order valence-corrected chi connectivity index (χ4v) is 5.84. The number of carbonyl (C=O) groups is 3. The van der Waals surface area contributed by atoms with E-state index in [4.69, 9.17) is 9.47 Å². The number of morpholine rings is 1. The standard InChI is InChI=1S/C25H31B4N3O5/c26-18-12-14(4-5-17(18)25(28,29)31-8-10-36-11-9-31)22(27)37-20-3-1-2-15-16(20)13-32(24(15)35)19-6-7-21(33)30-23(19)34/h1-5,12,19,22H,6-11,13,26-29H2,(H,30,33,34). The number of amides is 3. The van der Waals surface area contributed by atoms with Gasteiger partial charge in [0.2, 0.25) is 11.8 Å². The van der Waals surface area contributed by atoms with Crippen molar-refractivity contribution >= 4 is 54.6 Å². The zero-order valence-corrected chi connectivity index (χ0v) is 22.0. The highest BCUT2D eigenvalue weighted by molar-refractivity contribution is 6.43. The lowest BCUT2D eigenvalue weighted by Crippen LogP contribution is -2.54. The van der Waals surface area contributed by atoms with Gasteiger partial charge >= 0.3 is 0 Å². The first-order chi connectivity index (χ1) is 17.7. The van der Waals surface area contributed by atoms with E-state index in [1.165, 1.54) is 11.0 Å². The molecule has 0 radical (unpaired) electrons. The Morgan fingerprint density at radius 2 is 1.86 bits per heavy atom. The van der Waals surface area contributed by atoms with E-state index >= 15 is 0 Å². The van der Waals surface area contributed by atoms with Gasteiger partial charge < -0.3 is 19.3 Å². The zero-order valence-electron chi connectivity index (χ0n) is 22.0. The van der Waals surface area contributed by atoms with Crippen LogP contribution in [0.4, 0.5) is 0 Å². The van der Waals surface area contributed by atoms with E-state index in [0.717, 1.165) is 37.4 Å². The minimum Gasteiger partial charge on any atom is -0.495 e. The van der Waals surface area contributed by atoms with E-state index in [1.807, 2.05) is 20.0 Å². The molecule has 2 aromatic carbocycles. The number of ether oxygens (including phenoxy) is 2. The molecular formula is C25H31B4N3O5. The van der Waals surface area contributed by atoms with Crippen LogP contribution in [0, 0.1) is 0 Å². The van der Waals surface area contributed by atoms with Crippen LogP contribution in [0.1, 0.15) is 45.9 Å². The molecule has 0 spiro atoms. The maximum atomic E-state index is 13.1. The van der Waals surface area contributed by atoms with Gasteiger partial charge in [-0.2, -0.15) is 0 Å². The van der Waals surface area contributed by atoms with E-state index in [1.54, 1.807) is 11.0 Å². The topological polar surface area (TPSA) is 88.2 Å². The van der Waals surface area contributed by atoms with Gasteiger partial charge in [-0.1, -0.05) is 35.3 Å². The largest absolute Gasteiger partial charge is 0.495 e.